The highest BCUT2D eigenvalue weighted by Gasteiger charge is 2.45. The predicted octanol–water partition coefficient (Wildman–Crippen LogP) is -1.32. The Morgan fingerprint density at radius 2 is 2.14 bits per heavy atom. The molecule has 1 fully saturated rings. The van der Waals surface area contributed by atoms with Gasteiger partial charge in [-0.2, -0.15) is 0 Å². The van der Waals surface area contributed by atoms with E-state index in [4.69, 9.17) is 19.5 Å². The number of rotatable bonds is 8. The smallest absolute Gasteiger partial charge is 0.361 e. The van der Waals surface area contributed by atoms with Gasteiger partial charge in [0.05, 0.1) is 12.9 Å². The van der Waals surface area contributed by atoms with E-state index in [-0.39, 0.29) is 20.8 Å². The molecule has 2 aromatic heterocycles. The second kappa shape index (κ2) is 9.11. The summed E-state index contributed by atoms with van der Waals surface area (Å²) in [5, 5.41) is 38.7. The summed E-state index contributed by atoms with van der Waals surface area (Å²) in [7, 11) is -3.59. The van der Waals surface area contributed by atoms with Gasteiger partial charge < -0.3 is 29.7 Å². The number of carboxylic acids is 1. The molecule has 0 amide bonds. The van der Waals surface area contributed by atoms with E-state index >= 15 is 0 Å². The van der Waals surface area contributed by atoms with Crippen LogP contribution in [0.3, 0.4) is 0 Å². The number of fused-ring (bicyclic) bond motifs is 1. The monoisotopic (exact) mass is 547 g/mol. The molecular formula is C12H15IN5O10P. The number of aromatic nitrogens is 4. The highest BCUT2D eigenvalue weighted by Crippen LogP contribution is 2.33. The van der Waals surface area contributed by atoms with E-state index in [9.17, 15) is 24.8 Å². The highest BCUT2D eigenvalue weighted by atomic mass is 127. The molecule has 6 atom stereocenters. The van der Waals surface area contributed by atoms with Crippen molar-refractivity contribution in [3.05, 3.63) is 10.2 Å². The van der Waals surface area contributed by atoms with Crippen molar-refractivity contribution < 1.29 is 48.8 Å². The average molecular weight is 547 g/mol. The highest BCUT2D eigenvalue weighted by molar-refractivity contribution is 14.1. The summed E-state index contributed by atoms with van der Waals surface area (Å²) < 4.78 is 26.9. The summed E-state index contributed by atoms with van der Waals surface area (Å²) in [6, 6.07) is 0. The van der Waals surface area contributed by atoms with Gasteiger partial charge in [-0.1, -0.05) is 0 Å². The van der Waals surface area contributed by atoms with Crippen molar-refractivity contribution in [3.8, 4) is 0 Å². The number of aliphatic carboxylic acids is 1. The molecule has 15 nitrogen and oxygen atoms in total. The van der Waals surface area contributed by atoms with Crippen LogP contribution in [0.15, 0.2) is 6.33 Å². The summed E-state index contributed by atoms with van der Waals surface area (Å²) in [6.45, 7) is -0.566. The first-order valence-electron chi connectivity index (χ1n) is 7.78. The lowest BCUT2D eigenvalue weighted by Gasteiger charge is -2.18. The minimum absolute atomic E-state index is 0.0201. The van der Waals surface area contributed by atoms with Crippen LogP contribution in [0.4, 0.5) is 5.82 Å². The van der Waals surface area contributed by atoms with Gasteiger partial charge >= 0.3 is 14.2 Å². The molecule has 0 bridgehead atoms. The zero-order valence-electron chi connectivity index (χ0n) is 14.1. The van der Waals surface area contributed by atoms with Crippen LogP contribution in [0, 0.1) is 3.83 Å². The van der Waals surface area contributed by atoms with Crippen molar-refractivity contribution in [1.29, 1.82) is 0 Å². The maximum Gasteiger partial charge on any atom is 0.361 e. The van der Waals surface area contributed by atoms with Crippen molar-refractivity contribution in [3.63, 3.8) is 0 Å². The zero-order valence-corrected chi connectivity index (χ0v) is 17.3. The normalized spacial score (nSPS) is 26.5. The van der Waals surface area contributed by atoms with E-state index in [1.54, 1.807) is 22.6 Å². The fourth-order valence-corrected chi connectivity index (χ4v) is 3.50. The number of aliphatic hydroxyl groups excluding tert-OH is 2. The SMILES string of the molecule is O=C(O)C(OC[C@H]1O[C@@H](n2cnc3c(NO)nc(I)nc32)[C@H](O)[C@@H]1O)O[PH](=O)O. The molecule has 1 aliphatic heterocycles. The fourth-order valence-electron chi connectivity index (χ4n) is 2.68. The van der Waals surface area contributed by atoms with Gasteiger partial charge in [-0.25, -0.2) is 19.7 Å². The Bertz CT molecular complexity index is 930. The van der Waals surface area contributed by atoms with Crippen LogP contribution in [0.25, 0.3) is 11.2 Å². The molecule has 29 heavy (non-hydrogen) atoms. The number of carboxylic acid groups (broad SMARTS) is 1. The maximum atomic E-state index is 11.0. The Hall–Kier alpha value is -1.50. The molecule has 3 rings (SSSR count). The second-order valence-electron chi connectivity index (χ2n) is 5.71. The van der Waals surface area contributed by atoms with Gasteiger partial charge in [0.25, 0.3) is 6.29 Å². The van der Waals surface area contributed by atoms with Gasteiger partial charge in [-0.05, 0) is 0 Å². The summed E-state index contributed by atoms with van der Waals surface area (Å²) in [6.07, 6.45) is -6.15. The lowest BCUT2D eigenvalue weighted by atomic mass is 10.1. The molecule has 0 spiro atoms. The molecule has 17 heteroatoms. The van der Waals surface area contributed by atoms with Crippen LogP contribution in [-0.4, -0.2) is 82.1 Å². The lowest BCUT2D eigenvalue weighted by Crippen LogP contribution is -2.36. The molecule has 1 aliphatic rings. The standard InChI is InChI=1S/C12H15IN5O10P/c13-12-15-7(17-23)4-8(16-12)18(2-14-4)9-6(20)5(19)3(27-9)1-26-11(10(21)22)28-29(24)25/h2-3,5-6,9,11,19-20,23,29H,1H2,(H,21,22)(H,24,25)(H,15,16,17)/t3-,5-,6-,9-,11?/m1/s1. The summed E-state index contributed by atoms with van der Waals surface area (Å²) in [4.78, 5) is 31.8. The third-order valence-electron chi connectivity index (χ3n) is 3.93. The third kappa shape index (κ3) is 4.65. The predicted molar refractivity (Wildman–Crippen MR) is 99.1 cm³/mol. The van der Waals surface area contributed by atoms with E-state index < -0.39 is 51.7 Å². The van der Waals surface area contributed by atoms with Crippen molar-refractivity contribution >= 4 is 53.8 Å². The summed E-state index contributed by atoms with van der Waals surface area (Å²) in [5.41, 5.74) is 2.24. The average Bonchev–Trinajstić information content (AvgIpc) is 3.19. The van der Waals surface area contributed by atoms with Crippen molar-refractivity contribution in [2.45, 2.75) is 30.8 Å². The molecule has 0 radical (unpaired) electrons. The molecule has 2 aromatic rings. The van der Waals surface area contributed by atoms with Gasteiger partial charge in [-0.3, -0.25) is 24.3 Å². The summed E-state index contributed by atoms with van der Waals surface area (Å²) >= 11 is 1.80. The number of carbonyl (C=O) groups is 1. The number of nitrogens with zero attached hydrogens (tertiary/aromatic N) is 4. The number of imidazole rings is 1. The molecule has 160 valence electrons. The Morgan fingerprint density at radius 1 is 1.41 bits per heavy atom. The van der Waals surface area contributed by atoms with Crippen molar-refractivity contribution in [1.82, 2.24) is 19.5 Å². The Balaban J connectivity index is 1.79. The molecule has 2 unspecified atom stereocenters. The van der Waals surface area contributed by atoms with Gasteiger partial charge in [0, 0.05) is 22.6 Å². The molecule has 6 N–H and O–H groups in total. The number of halogens is 1. The molecular weight excluding hydrogens is 532 g/mol. The largest absolute Gasteiger partial charge is 0.477 e. The first kappa shape index (κ1) is 22.2. The van der Waals surface area contributed by atoms with Crippen LogP contribution in [-0.2, 0) is 23.4 Å². The Kier molecular flexibility index (Phi) is 6.97. The first-order valence-corrected chi connectivity index (χ1v) is 10.1. The third-order valence-corrected chi connectivity index (χ3v) is 4.83. The van der Waals surface area contributed by atoms with Crippen molar-refractivity contribution in [2.24, 2.45) is 0 Å². The van der Waals surface area contributed by atoms with Crippen LogP contribution >= 0.6 is 30.8 Å². The van der Waals surface area contributed by atoms with E-state index in [0.29, 0.717) is 0 Å². The van der Waals surface area contributed by atoms with Gasteiger partial charge in [0.2, 0.25) is 0 Å². The Morgan fingerprint density at radius 3 is 2.76 bits per heavy atom. The lowest BCUT2D eigenvalue weighted by molar-refractivity contribution is -0.179. The van der Waals surface area contributed by atoms with E-state index in [0.717, 1.165) is 0 Å². The van der Waals surface area contributed by atoms with E-state index in [1.807, 2.05) is 5.48 Å². The maximum absolute atomic E-state index is 11.0. The van der Waals surface area contributed by atoms with E-state index in [1.165, 1.54) is 10.9 Å². The number of ether oxygens (including phenoxy) is 2. The molecule has 1 saturated heterocycles. The van der Waals surface area contributed by atoms with Gasteiger partial charge in [0.15, 0.2) is 27.0 Å². The van der Waals surface area contributed by atoms with Crippen LogP contribution in [0.5, 0.6) is 0 Å². The minimum Gasteiger partial charge on any atom is -0.477 e. The van der Waals surface area contributed by atoms with Crippen molar-refractivity contribution in [2.75, 3.05) is 12.1 Å². The Labute approximate surface area is 175 Å². The quantitative estimate of drug-likeness (QED) is 0.0743. The number of anilines is 1. The number of hydrogen-bond acceptors (Lipinski definition) is 12. The molecule has 3 heterocycles. The van der Waals surface area contributed by atoms with E-state index in [2.05, 4.69) is 19.5 Å². The molecule has 0 saturated carbocycles. The van der Waals surface area contributed by atoms with Crippen LogP contribution < -0.4 is 5.48 Å². The van der Waals surface area contributed by atoms with Gasteiger partial charge in [0.1, 0.15) is 18.3 Å². The fraction of sp³-hybridized carbons (Fsp3) is 0.500. The number of aliphatic hydroxyl groups is 2. The minimum atomic E-state index is -3.59. The zero-order chi connectivity index (χ0) is 21.3. The van der Waals surface area contributed by atoms with Gasteiger partial charge in [-0.15, -0.1) is 0 Å². The number of hydrogen-bond donors (Lipinski definition) is 6. The van der Waals surface area contributed by atoms with Crippen LogP contribution in [0.2, 0.25) is 0 Å². The second-order valence-corrected chi connectivity index (χ2v) is 7.44. The molecule has 0 aliphatic carbocycles. The van der Waals surface area contributed by atoms with Crippen LogP contribution in [0.1, 0.15) is 6.23 Å². The number of nitrogens with one attached hydrogen (secondary N) is 1. The topological polar surface area (TPSA) is 219 Å². The molecule has 0 aromatic carbocycles. The first-order chi connectivity index (χ1) is 13.7. The summed E-state index contributed by atoms with van der Waals surface area (Å²) in [5.74, 6) is -1.63.